The topological polar surface area (TPSA) is 101 Å². The first-order valence-electron chi connectivity index (χ1n) is 7.72. The molecule has 1 aromatic heterocycles. The number of nitrogens with zero attached hydrogens (tertiary/aromatic N) is 2. The quantitative estimate of drug-likeness (QED) is 0.765. The first-order valence-corrected chi connectivity index (χ1v) is 10.0. The fourth-order valence-corrected chi connectivity index (χ4v) is 3.66. The van der Waals surface area contributed by atoms with Crippen LogP contribution in [0.25, 0.3) is 0 Å². The van der Waals surface area contributed by atoms with Crippen LogP contribution >= 0.6 is 11.3 Å². The molecule has 1 aromatic carbocycles. The molecule has 1 unspecified atom stereocenters. The molecule has 0 aliphatic heterocycles. The summed E-state index contributed by atoms with van der Waals surface area (Å²) >= 11 is 1.27. The number of hydrogen-bond acceptors (Lipinski definition) is 6. The fourth-order valence-electron chi connectivity index (χ4n) is 2.13. The lowest BCUT2D eigenvalue weighted by Gasteiger charge is -2.11. The number of para-hydroxylation sites is 1. The van der Waals surface area contributed by atoms with Crippen LogP contribution in [0.4, 0.5) is 10.8 Å². The Morgan fingerprint density at radius 2 is 1.68 bits per heavy atom. The van der Waals surface area contributed by atoms with Gasteiger partial charge in [-0.05, 0) is 31.4 Å². The molecule has 0 saturated carbocycles. The number of carbonyl (C=O) groups excluding carboxylic acids is 2. The van der Waals surface area contributed by atoms with Gasteiger partial charge < -0.3 is 5.32 Å². The molecule has 1 heterocycles. The van der Waals surface area contributed by atoms with Crippen LogP contribution in [0.5, 0.6) is 0 Å². The predicted molar refractivity (Wildman–Crippen MR) is 100 cm³/mol. The number of hydrogen-bond donors (Lipinski definition) is 2. The Kier molecular flexibility index (Phi) is 6.77. The summed E-state index contributed by atoms with van der Waals surface area (Å²) in [4.78, 5) is 23.9. The molecule has 0 aliphatic rings. The van der Waals surface area contributed by atoms with E-state index >= 15 is 0 Å². The van der Waals surface area contributed by atoms with Gasteiger partial charge in [-0.1, -0.05) is 36.5 Å². The molecule has 0 fully saturated rings. The summed E-state index contributed by atoms with van der Waals surface area (Å²) in [6.45, 7) is 5.72. The molecule has 1 atom stereocenters. The zero-order valence-electron chi connectivity index (χ0n) is 14.3. The highest BCUT2D eigenvalue weighted by Gasteiger charge is 2.15. The van der Waals surface area contributed by atoms with E-state index < -0.39 is 16.7 Å². The second kappa shape index (κ2) is 8.82. The van der Waals surface area contributed by atoms with Gasteiger partial charge in [0.05, 0.1) is 0 Å². The van der Waals surface area contributed by atoms with E-state index in [1.165, 1.54) is 11.3 Å². The normalized spacial score (nSPS) is 11.8. The van der Waals surface area contributed by atoms with Crippen LogP contribution in [0.2, 0.25) is 0 Å². The summed E-state index contributed by atoms with van der Waals surface area (Å²) in [5, 5.41) is 14.2. The van der Waals surface area contributed by atoms with E-state index in [1.807, 2.05) is 39.0 Å². The minimum absolute atomic E-state index is 0.239. The highest BCUT2D eigenvalue weighted by atomic mass is 32.2. The lowest BCUT2D eigenvalue weighted by molar-refractivity contribution is -0.114. The van der Waals surface area contributed by atoms with Gasteiger partial charge in [-0.15, -0.1) is 10.2 Å². The maximum atomic E-state index is 12.1. The average Bonchev–Trinajstić information content (AvgIpc) is 2.98. The molecule has 2 N–H and O–H groups in total. The lowest BCUT2D eigenvalue weighted by atomic mass is 10.1. The largest absolute Gasteiger partial charge is 0.325 e. The predicted octanol–water partition coefficient (Wildman–Crippen LogP) is 2.04. The first-order chi connectivity index (χ1) is 11.9. The monoisotopic (exact) mass is 380 g/mol. The van der Waals surface area contributed by atoms with Gasteiger partial charge in [-0.2, -0.15) is 0 Å². The van der Waals surface area contributed by atoms with E-state index in [4.69, 9.17) is 0 Å². The molecule has 25 heavy (non-hydrogen) atoms. The van der Waals surface area contributed by atoms with Crippen LogP contribution < -0.4 is 10.6 Å². The standard InChI is InChI=1S/C16H20N4O3S2/c1-4-14-19-20-16(24-14)18-13(22)9-25(23)8-12(21)17-15-10(2)6-5-7-11(15)3/h5-7H,4,8-9H2,1-3H3,(H,17,21)(H,18,20,22). The van der Waals surface area contributed by atoms with Crippen LogP contribution in [0.15, 0.2) is 18.2 Å². The van der Waals surface area contributed by atoms with E-state index in [0.717, 1.165) is 28.2 Å². The first kappa shape index (κ1) is 19.2. The smallest absolute Gasteiger partial charge is 0.238 e. The lowest BCUT2D eigenvalue weighted by Crippen LogP contribution is -2.26. The Hall–Kier alpha value is -2.13. The average molecular weight is 380 g/mol. The molecule has 0 radical (unpaired) electrons. The van der Waals surface area contributed by atoms with Crippen LogP contribution in [-0.4, -0.2) is 37.7 Å². The molecule has 134 valence electrons. The van der Waals surface area contributed by atoms with E-state index in [0.29, 0.717) is 5.13 Å². The Bertz CT molecular complexity index is 784. The molecule has 0 saturated heterocycles. The van der Waals surface area contributed by atoms with E-state index in [9.17, 15) is 13.8 Å². The zero-order chi connectivity index (χ0) is 18.4. The number of carbonyl (C=O) groups is 2. The summed E-state index contributed by atoms with van der Waals surface area (Å²) in [6.07, 6.45) is 0.734. The third-order valence-electron chi connectivity index (χ3n) is 3.35. The highest BCUT2D eigenvalue weighted by Crippen LogP contribution is 2.19. The molecule has 2 rings (SSSR count). The Balaban J connectivity index is 1.84. The van der Waals surface area contributed by atoms with Gasteiger partial charge in [-0.3, -0.25) is 19.1 Å². The van der Waals surface area contributed by atoms with Gasteiger partial charge >= 0.3 is 0 Å². The zero-order valence-corrected chi connectivity index (χ0v) is 15.9. The summed E-state index contributed by atoms with van der Waals surface area (Å²) < 4.78 is 12.0. The number of benzene rings is 1. The molecule has 2 amide bonds. The Labute approximate surface area is 152 Å². The molecule has 0 spiro atoms. The minimum Gasteiger partial charge on any atom is -0.325 e. The summed E-state index contributed by atoms with van der Waals surface area (Å²) in [6, 6.07) is 5.68. The van der Waals surface area contributed by atoms with Crippen molar-refractivity contribution in [2.45, 2.75) is 27.2 Å². The molecule has 2 aromatic rings. The number of anilines is 2. The van der Waals surface area contributed by atoms with Gasteiger partial charge in [-0.25, -0.2) is 0 Å². The van der Waals surface area contributed by atoms with Crippen molar-refractivity contribution in [2.24, 2.45) is 0 Å². The fraction of sp³-hybridized carbons (Fsp3) is 0.375. The van der Waals surface area contributed by atoms with Crippen molar-refractivity contribution in [1.82, 2.24) is 10.2 Å². The summed E-state index contributed by atoms with van der Waals surface area (Å²) in [5.74, 6) is -1.33. The Morgan fingerprint density at radius 3 is 2.24 bits per heavy atom. The second-order valence-corrected chi connectivity index (χ2v) is 7.97. The van der Waals surface area contributed by atoms with Crippen molar-refractivity contribution in [3.05, 3.63) is 34.3 Å². The number of rotatable bonds is 7. The van der Waals surface area contributed by atoms with Crippen molar-refractivity contribution in [3.8, 4) is 0 Å². The van der Waals surface area contributed by atoms with Crippen molar-refractivity contribution in [2.75, 3.05) is 22.1 Å². The van der Waals surface area contributed by atoms with Crippen LogP contribution in [-0.2, 0) is 26.8 Å². The molecule has 7 nitrogen and oxygen atoms in total. The van der Waals surface area contributed by atoms with E-state index in [2.05, 4.69) is 20.8 Å². The van der Waals surface area contributed by atoms with Crippen molar-refractivity contribution >= 4 is 44.8 Å². The van der Waals surface area contributed by atoms with E-state index in [1.54, 1.807) is 0 Å². The SMILES string of the molecule is CCc1nnc(NC(=O)CS(=O)CC(=O)Nc2c(C)cccc2C)s1. The van der Waals surface area contributed by atoms with Gasteiger partial charge in [0, 0.05) is 16.5 Å². The number of nitrogens with one attached hydrogen (secondary N) is 2. The van der Waals surface area contributed by atoms with Crippen LogP contribution in [0.1, 0.15) is 23.1 Å². The summed E-state index contributed by atoms with van der Waals surface area (Å²) in [7, 11) is -1.60. The van der Waals surface area contributed by atoms with Crippen LogP contribution in [0.3, 0.4) is 0 Å². The molecular weight excluding hydrogens is 360 g/mol. The maximum Gasteiger partial charge on any atom is 0.238 e. The van der Waals surface area contributed by atoms with Crippen molar-refractivity contribution in [1.29, 1.82) is 0 Å². The van der Waals surface area contributed by atoms with Crippen molar-refractivity contribution < 1.29 is 13.8 Å². The third-order valence-corrected chi connectivity index (χ3v) is 5.50. The van der Waals surface area contributed by atoms with Crippen molar-refractivity contribution in [3.63, 3.8) is 0 Å². The van der Waals surface area contributed by atoms with Crippen LogP contribution in [0, 0.1) is 13.8 Å². The number of aromatic nitrogens is 2. The number of amides is 2. The second-order valence-electron chi connectivity index (χ2n) is 5.45. The molecule has 9 heteroatoms. The molecule has 0 bridgehead atoms. The summed E-state index contributed by atoms with van der Waals surface area (Å²) in [5.41, 5.74) is 2.58. The van der Waals surface area contributed by atoms with E-state index in [-0.39, 0.29) is 17.4 Å². The third kappa shape index (κ3) is 5.71. The van der Waals surface area contributed by atoms with Gasteiger partial charge in [0.1, 0.15) is 16.5 Å². The maximum absolute atomic E-state index is 12.1. The Morgan fingerprint density at radius 1 is 1.08 bits per heavy atom. The highest BCUT2D eigenvalue weighted by molar-refractivity contribution is 7.86. The minimum atomic E-state index is -1.60. The number of aryl methyl sites for hydroxylation is 3. The molecule has 0 aliphatic carbocycles. The van der Waals surface area contributed by atoms with Gasteiger partial charge in [0.2, 0.25) is 16.9 Å². The van der Waals surface area contributed by atoms with Gasteiger partial charge in [0.15, 0.2) is 0 Å². The van der Waals surface area contributed by atoms with Gasteiger partial charge in [0.25, 0.3) is 0 Å². The molecular formula is C16H20N4O3S2.